The number of carbonyl (C=O) groups is 1. The molecule has 0 radical (unpaired) electrons. The summed E-state index contributed by atoms with van der Waals surface area (Å²) in [6, 6.07) is 13.4. The molecule has 2 aromatic carbocycles. The normalized spacial score (nSPS) is 10.2. The first-order chi connectivity index (χ1) is 11.1. The first kappa shape index (κ1) is 16.9. The molecular formula is C19H23NO3. The second kappa shape index (κ2) is 8.22. The van der Waals surface area contributed by atoms with E-state index in [0.717, 1.165) is 34.7 Å². The lowest BCUT2D eigenvalue weighted by Gasteiger charge is -2.13. The molecule has 1 amide bonds. The minimum absolute atomic E-state index is 0.0393. The van der Waals surface area contributed by atoms with E-state index in [9.17, 15) is 4.79 Å². The van der Waals surface area contributed by atoms with Gasteiger partial charge in [0.05, 0.1) is 20.1 Å². The number of benzene rings is 2. The molecule has 0 aliphatic rings. The Hall–Kier alpha value is -2.49. The van der Waals surface area contributed by atoms with Gasteiger partial charge in [0.1, 0.15) is 11.5 Å². The van der Waals surface area contributed by atoms with Crippen molar-refractivity contribution in [3.63, 3.8) is 0 Å². The van der Waals surface area contributed by atoms with E-state index in [2.05, 4.69) is 12.2 Å². The van der Waals surface area contributed by atoms with Gasteiger partial charge in [-0.25, -0.2) is 0 Å². The first-order valence-electron chi connectivity index (χ1n) is 7.79. The standard InChI is InChI=1S/C19H23NO3/c1-4-15-7-5-6-14(2)19(15)20-18(21)12-13-23-17-10-8-16(22-3)9-11-17/h5-11H,4,12-13H2,1-3H3,(H,20,21). The number of anilines is 1. The van der Waals surface area contributed by atoms with Crippen LogP contribution in [0.25, 0.3) is 0 Å². The zero-order valence-electron chi connectivity index (χ0n) is 13.9. The van der Waals surface area contributed by atoms with Crippen LogP contribution >= 0.6 is 0 Å². The summed E-state index contributed by atoms with van der Waals surface area (Å²) in [4.78, 5) is 12.1. The first-order valence-corrected chi connectivity index (χ1v) is 7.79. The van der Waals surface area contributed by atoms with Gasteiger partial charge in [0.25, 0.3) is 0 Å². The van der Waals surface area contributed by atoms with Gasteiger partial charge in [-0.2, -0.15) is 0 Å². The number of rotatable bonds is 7. The maximum absolute atomic E-state index is 12.1. The highest BCUT2D eigenvalue weighted by molar-refractivity contribution is 5.92. The van der Waals surface area contributed by atoms with Crippen LogP contribution in [0.3, 0.4) is 0 Å². The zero-order chi connectivity index (χ0) is 16.7. The van der Waals surface area contributed by atoms with Gasteiger partial charge in [-0.15, -0.1) is 0 Å². The molecule has 1 N–H and O–H groups in total. The van der Waals surface area contributed by atoms with Gasteiger partial charge in [0.2, 0.25) is 5.91 Å². The third-order valence-corrected chi connectivity index (χ3v) is 3.66. The Balaban J connectivity index is 1.85. The SMILES string of the molecule is CCc1cccc(C)c1NC(=O)CCOc1ccc(OC)cc1. The number of hydrogen-bond donors (Lipinski definition) is 1. The molecule has 2 rings (SSSR count). The molecule has 0 aliphatic heterocycles. The third-order valence-electron chi connectivity index (χ3n) is 3.66. The van der Waals surface area contributed by atoms with Crippen LogP contribution in [0.4, 0.5) is 5.69 Å². The van der Waals surface area contributed by atoms with E-state index in [1.165, 1.54) is 0 Å². The molecule has 0 spiro atoms. The highest BCUT2D eigenvalue weighted by atomic mass is 16.5. The number of ether oxygens (including phenoxy) is 2. The fourth-order valence-electron chi connectivity index (χ4n) is 2.34. The Kier molecular flexibility index (Phi) is 6.03. The third kappa shape index (κ3) is 4.74. The second-order valence-corrected chi connectivity index (χ2v) is 5.28. The highest BCUT2D eigenvalue weighted by Gasteiger charge is 2.08. The molecule has 0 heterocycles. The Labute approximate surface area is 137 Å². The molecule has 23 heavy (non-hydrogen) atoms. The van der Waals surface area contributed by atoms with Gasteiger partial charge in [-0.3, -0.25) is 4.79 Å². The van der Waals surface area contributed by atoms with E-state index in [4.69, 9.17) is 9.47 Å². The number of methoxy groups -OCH3 is 1. The smallest absolute Gasteiger partial charge is 0.227 e. The Morgan fingerprint density at radius 1 is 1.09 bits per heavy atom. The summed E-state index contributed by atoms with van der Waals surface area (Å²) >= 11 is 0. The van der Waals surface area contributed by atoms with Crippen molar-refractivity contribution in [3.8, 4) is 11.5 Å². The molecule has 0 fully saturated rings. The molecule has 2 aromatic rings. The summed E-state index contributed by atoms with van der Waals surface area (Å²) in [6.45, 7) is 4.42. The lowest BCUT2D eigenvalue weighted by molar-refractivity contribution is -0.116. The van der Waals surface area contributed by atoms with E-state index in [0.29, 0.717) is 13.0 Å². The van der Waals surface area contributed by atoms with E-state index in [-0.39, 0.29) is 5.91 Å². The van der Waals surface area contributed by atoms with Crippen LogP contribution in [-0.4, -0.2) is 19.6 Å². The highest BCUT2D eigenvalue weighted by Crippen LogP contribution is 2.21. The lowest BCUT2D eigenvalue weighted by Crippen LogP contribution is -2.17. The number of nitrogens with one attached hydrogen (secondary N) is 1. The molecule has 4 heteroatoms. The maximum Gasteiger partial charge on any atom is 0.227 e. The van der Waals surface area contributed by atoms with Gasteiger partial charge >= 0.3 is 0 Å². The largest absolute Gasteiger partial charge is 0.497 e. The molecule has 0 bridgehead atoms. The monoisotopic (exact) mass is 313 g/mol. The molecule has 4 nitrogen and oxygen atoms in total. The average Bonchev–Trinajstić information content (AvgIpc) is 2.57. The molecule has 0 saturated carbocycles. The molecule has 122 valence electrons. The van der Waals surface area contributed by atoms with Crippen molar-refractivity contribution in [1.82, 2.24) is 0 Å². The predicted octanol–water partition coefficient (Wildman–Crippen LogP) is 3.97. The maximum atomic E-state index is 12.1. The quantitative estimate of drug-likeness (QED) is 0.841. The van der Waals surface area contributed by atoms with Crippen LogP contribution in [0.1, 0.15) is 24.5 Å². The minimum Gasteiger partial charge on any atom is -0.497 e. The van der Waals surface area contributed by atoms with E-state index in [1.807, 2.05) is 49.4 Å². The predicted molar refractivity (Wildman–Crippen MR) is 92.3 cm³/mol. The van der Waals surface area contributed by atoms with Gasteiger partial charge in [-0.05, 0) is 48.7 Å². The lowest BCUT2D eigenvalue weighted by atomic mass is 10.1. The Bertz CT molecular complexity index is 650. The van der Waals surface area contributed by atoms with Gasteiger partial charge < -0.3 is 14.8 Å². The Morgan fingerprint density at radius 2 is 1.78 bits per heavy atom. The number of hydrogen-bond acceptors (Lipinski definition) is 3. The molecule has 0 unspecified atom stereocenters. The van der Waals surface area contributed by atoms with Crippen molar-refractivity contribution in [2.45, 2.75) is 26.7 Å². The summed E-state index contributed by atoms with van der Waals surface area (Å²) in [7, 11) is 1.62. The summed E-state index contributed by atoms with van der Waals surface area (Å²) in [5, 5.41) is 3.00. The van der Waals surface area contributed by atoms with Crippen LogP contribution in [0.15, 0.2) is 42.5 Å². The molecule has 0 aliphatic carbocycles. The fraction of sp³-hybridized carbons (Fsp3) is 0.316. The minimum atomic E-state index is -0.0393. The van der Waals surface area contributed by atoms with Gasteiger partial charge in [0, 0.05) is 5.69 Å². The van der Waals surface area contributed by atoms with Gasteiger partial charge in [-0.1, -0.05) is 25.1 Å². The summed E-state index contributed by atoms with van der Waals surface area (Å²) in [6.07, 6.45) is 1.20. The summed E-state index contributed by atoms with van der Waals surface area (Å²) in [5.74, 6) is 1.47. The second-order valence-electron chi connectivity index (χ2n) is 5.28. The number of carbonyl (C=O) groups excluding carboxylic acids is 1. The van der Waals surface area contributed by atoms with E-state index >= 15 is 0 Å². The van der Waals surface area contributed by atoms with Crippen LogP contribution in [0, 0.1) is 6.92 Å². The number of amides is 1. The molecule has 0 saturated heterocycles. The summed E-state index contributed by atoms with van der Waals surface area (Å²) in [5.41, 5.74) is 3.15. The van der Waals surface area contributed by atoms with Crippen molar-refractivity contribution >= 4 is 11.6 Å². The number of aryl methyl sites for hydroxylation is 2. The molecule has 0 aromatic heterocycles. The summed E-state index contributed by atoms with van der Waals surface area (Å²) < 4.78 is 10.7. The van der Waals surface area contributed by atoms with Gasteiger partial charge in [0.15, 0.2) is 0 Å². The fourth-order valence-corrected chi connectivity index (χ4v) is 2.34. The van der Waals surface area contributed by atoms with Crippen LogP contribution in [0.2, 0.25) is 0 Å². The molecule has 0 atom stereocenters. The zero-order valence-corrected chi connectivity index (χ0v) is 13.9. The van der Waals surface area contributed by atoms with Crippen LogP contribution in [0.5, 0.6) is 11.5 Å². The molecular weight excluding hydrogens is 290 g/mol. The van der Waals surface area contributed by atoms with Crippen molar-refractivity contribution < 1.29 is 14.3 Å². The van der Waals surface area contributed by atoms with E-state index in [1.54, 1.807) is 7.11 Å². The average molecular weight is 313 g/mol. The number of para-hydroxylation sites is 1. The van der Waals surface area contributed by atoms with Crippen molar-refractivity contribution in [1.29, 1.82) is 0 Å². The van der Waals surface area contributed by atoms with Crippen molar-refractivity contribution in [2.75, 3.05) is 19.0 Å². The Morgan fingerprint density at radius 3 is 2.43 bits per heavy atom. The topological polar surface area (TPSA) is 47.6 Å². The van der Waals surface area contributed by atoms with Crippen LogP contribution in [-0.2, 0) is 11.2 Å². The van der Waals surface area contributed by atoms with Crippen molar-refractivity contribution in [2.24, 2.45) is 0 Å². The van der Waals surface area contributed by atoms with Crippen molar-refractivity contribution in [3.05, 3.63) is 53.6 Å². The van der Waals surface area contributed by atoms with Crippen LogP contribution < -0.4 is 14.8 Å². The van der Waals surface area contributed by atoms with E-state index < -0.39 is 0 Å².